The lowest BCUT2D eigenvalue weighted by Gasteiger charge is -2.13. The molecule has 0 spiro atoms. The summed E-state index contributed by atoms with van der Waals surface area (Å²) < 4.78 is 0. The molecule has 0 aliphatic carbocycles. The highest BCUT2D eigenvalue weighted by molar-refractivity contribution is 5.86. The first-order valence-corrected chi connectivity index (χ1v) is 9.74. The van der Waals surface area contributed by atoms with Gasteiger partial charge in [-0.25, -0.2) is 0 Å². The zero-order valence-corrected chi connectivity index (χ0v) is 16.9. The number of benzene rings is 2. The first-order chi connectivity index (χ1) is 14.0. The van der Waals surface area contributed by atoms with Crippen molar-refractivity contribution in [3.05, 3.63) is 96.0 Å². The summed E-state index contributed by atoms with van der Waals surface area (Å²) in [6, 6.07) is 12.3. The number of nitrogen functional groups attached to an aromatic ring is 1. The molecule has 5 N–H and O–H groups in total. The van der Waals surface area contributed by atoms with Crippen LogP contribution >= 0.6 is 0 Å². The predicted molar refractivity (Wildman–Crippen MR) is 123 cm³/mol. The molecule has 0 saturated heterocycles. The van der Waals surface area contributed by atoms with Crippen LogP contribution in [0.2, 0.25) is 0 Å². The van der Waals surface area contributed by atoms with E-state index in [2.05, 4.69) is 53.8 Å². The van der Waals surface area contributed by atoms with Gasteiger partial charge in [0.05, 0.1) is 0 Å². The third kappa shape index (κ3) is 5.08. The van der Waals surface area contributed by atoms with Crippen LogP contribution in [0.4, 0.5) is 11.4 Å². The van der Waals surface area contributed by atoms with Gasteiger partial charge in [-0.2, -0.15) is 0 Å². The summed E-state index contributed by atoms with van der Waals surface area (Å²) in [4.78, 5) is 2.23. The SMILES string of the molecule is C=CN1Cc2ccc(C(C)CN/C=C\C(=C)Nc3ccc(N)c(C=N)c3)cc2C1. The Kier molecular flexibility index (Phi) is 6.39. The Morgan fingerprint density at radius 1 is 1.24 bits per heavy atom. The fraction of sp³-hybridized carbons (Fsp3) is 0.208. The summed E-state index contributed by atoms with van der Waals surface area (Å²) in [7, 11) is 0. The topological polar surface area (TPSA) is 77.2 Å². The Bertz CT molecular complexity index is 944. The van der Waals surface area contributed by atoms with Crippen molar-refractivity contribution in [1.82, 2.24) is 10.2 Å². The van der Waals surface area contributed by atoms with E-state index in [4.69, 9.17) is 11.1 Å². The molecule has 0 fully saturated rings. The maximum absolute atomic E-state index is 7.39. The van der Waals surface area contributed by atoms with Crippen LogP contribution in [0.25, 0.3) is 0 Å². The lowest BCUT2D eigenvalue weighted by molar-refractivity contribution is 0.400. The van der Waals surface area contributed by atoms with Crippen molar-refractivity contribution < 1.29 is 0 Å². The van der Waals surface area contributed by atoms with Gasteiger partial charge in [-0.05, 0) is 59.3 Å². The quantitative estimate of drug-likeness (QED) is 0.289. The molecule has 1 aliphatic rings. The molecule has 29 heavy (non-hydrogen) atoms. The van der Waals surface area contributed by atoms with Crippen LogP contribution in [0, 0.1) is 5.41 Å². The van der Waals surface area contributed by atoms with E-state index in [0.717, 1.165) is 31.0 Å². The van der Waals surface area contributed by atoms with Gasteiger partial charge in [0, 0.05) is 48.5 Å². The summed E-state index contributed by atoms with van der Waals surface area (Å²) in [6.07, 6.45) is 6.97. The number of nitrogens with zero attached hydrogens (tertiary/aromatic N) is 1. The van der Waals surface area contributed by atoms with E-state index in [1.807, 2.05) is 30.6 Å². The van der Waals surface area contributed by atoms with Crippen molar-refractivity contribution in [2.45, 2.75) is 25.9 Å². The molecule has 0 amide bonds. The molecule has 0 aromatic heterocycles. The molecule has 5 heteroatoms. The van der Waals surface area contributed by atoms with Crippen LogP contribution in [0.1, 0.15) is 35.1 Å². The molecule has 2 aromatic rings. The lowest BCUT2D eigenvalue weighted by Crippen LogP contribution is -2.14. The smallest absolute Gasteiger partial charge is 0.0431 e. The van der Waals surface area contributed by atoms with E-state index in [-0.39, 0.29) is 0 Å². The van der Waals surface area contributed by atoms with Crippen molar-refractivity contribution >= 4 is 17.6 Å². The van der Waals surface area contributed by atoms with Gasteiger partial charge in [0.15, 0.2) is 0 Å². The molecule has 2 aromatic carbocycles. The third-order valence-electron chi connectivity index (χ3n) is 5.18. The van der Waals surface area contributed by atoms with Gasteiger partial charge in [-0.3, -0.25) is 0 Å². The summed E-state index contributed by atoms with van der Waals surface area (Å²) in [6.45, 7) is 12.9. The average Bonchev–Trinajstić information content (AvgIpc) is 3.15. The van der Waals surface area contributed by atoms with Gasteiger partial charge in [0.2, 0.25) is 0 Å². The number of hydrogen-bond donors (Lipinski definition) is 4. The predicted octanol–water partition coefficient (Wildman–Crippen LogP) is 4.56. The van der Waals surface area contributed by atoms with Crippen molar-refractivity contribution in [2.75, 3.05) is 17.6 Å². The van der Waals surface area contributed by atoms with Crippen molar-refractivity contribution in [3.63, 3.8) is 0 Å². The van der Waals surface area contributed by atoms with Crippen molar-refractivity contribution in [1.29, 1.82) is 5.41 Å². The highest BCUT2D eigenvalue weighted by atomic mass is 15.1. The molecule has 150 valence electrons. The zero-order chi connectivity index (χ0) is 20.8. The minimum absolute atomic E-state index is 0.399. The minimum Gasteiger partial charge on any atom is -0.398 e. The summed E-state index contributed by atoms with van der Waals surface area (Å²) in [5, 5.41) is 13.9. The number of anilines is 2. The Labute approximate surface area is 173 Å². The van der Waals surface area contributed by atoms with Gasteiger partial charge in [0.25, 0.3) is 0 Å². The minimum atomic E-state index is 0.399. The Morgan fingerprint density at radius 2 is 2.03 bits per heavy atom. The number of rotatable bonds is 9. The van der Waals surface area contributed by atoms with Crippen LogP contribution in [-0.2, 0) is 13.1 Å². The fourth-order valence-electron chi connectivity index (χ4n) is 3.40. The normalized spacial score (nSPS) is 13.8. The van der Waals surface area contributed by atoms with Crippen molar-refractivity contribution in [2.24, 2.45) is 0 Å². The van der Waals surface area contributed by atoms with Crippen LogP contribution in [0.15, 0.2) is 73.7 Å². The van der Waals surface area contributed by atoms with Crippen LogP contribution in [0.3, 0.4) is 0 Å². The molecular weight excluding hydrogens is 358 g/mol. The molecule has 0 saturated carbocycles. The number of nitrogens with one attached hydrogen (secondary N) is 3. The Morgan fingerprint density at radius 3 is 2.79 bits per heavy atom. The molecule has 3 rings (SSSR count). The number of allylic oxidation sites excluding steroid dienone is 1. The van der Waals surface area contributed by atoms with Crippen LogP contribution in [0.5, 0.6) is 0 Å². The number of hydrogen-bond acceptors (Lipinski definition) is 5. The Balaban J connectivity index is 1.49. The average molecular weight is 388 g/mol. The standard InChI is InChI=1S/C24H29N5/c1-4-29-15-20-6-5-19(11-22(20)16-29)17(2)14-27-10-9-18(3)28-23-7-8-24(26)21(12-23)13-25/h4-13,17,25,27-28H,1,3,14-16,26H2,2H3/b10-9-,25-13?. The molecule has 1 aliphatic heterocycles. The molecule has 5 nitrogen and oxygen atoms in total. The largest absolute Gasteiger partial charge is 0.398 e. The van der Waals surface area contributed by atoms with Gasteiger partial charge >= 0.3 is 0 Å². The van der Waals surface area contributed by atoms with E-state index in [0.29, 0.717) is 17.2 Å². The van der Waals surface area contributed by atoms with E-state index in [9.17, 15) is 0 Å². The summed E-state index contributed by atoms with van der Waals surface area (Å²) in [5.41, 5.74) is 12.8. The zero-order valence-electron chi connectivity index (χ0n) is 16.9. The molecule has 0 radical (unpaired) electrons. The van der Waals surface area contributed by atoms with E-state index < -0.39 is 0 Å². The first kappa shape index (κ1) is 20.3. The maximum atomic E-state index is 7.39. The van der Waals surface area contributed by atoms with Crippen molar-refractivity contribution in [3.8, 4) is 0 Å². The van der Waals surface area contributed by atoms with Gasteiger partial charge in [-0.15, -0.1) is 0 Å². The highest BCUT2D eigenvalue weighted by Crippen LogP contribution is 2.26. The monoisotopic (exact) mass is 387 g/mol. The number of nitrogens with two attached hydrogens (primary N) is 1. The second-order valence-corrected chi connectivity index (χ2v) is 7.40. The molecular formula is C24H29N5. The van der Waals surface area contributed by atoms with E-state index >= 15 is 0 Å². The van der Waals surface area contributed by atoms with Crippen LogP contribution < -0.4 is 16.4 Å². The van der Waals surface area contributed by atoms with E-state index in [1.54, 1.807) is 6.07 Å². The van der Waals surface area contributed by atoms with Gasteiger partial charge < -0.3 is 26.7 Å². The summed E-state index contributed by atoms with van der Waals surface area (Å²) in [5.74, 6) is 0.399. The second-order valence-electron chi connectivity index (χ2n) is 7.40. The maximum Gasteiger partial charge on any atom is 0.0431 e. The van der Waals surface area contributed by atoms with Crippen LogP contribution in [-0.4, -0.2) is 17.7 Å². The van der Waals surface area contributed by atoms with E-state index in [1.165, 1.54) is 22.9 Å². The molecule has 0 bridgehead atoms. The lowest BCUT2D eigenvalue weighted by atomic mass is 9.97. The molecule has 1 atom stereocenters. The van der Waals surface area contributed by atoms with Gasteiger partial charge in [0.1, 0.15) is 0 Å². The fourth-order valence-corrected chi connectivity index (χ4v) is 3.40. The third-order valence-corrected chi connectivity index (χ3v) is 5.18. The number of fused-ring (bicyclic) bond motifs is 1. The second kappa shape index (κ2) is 9.15. The Hall–Kier alpha value is -3.47. The van der Waals surface area contributed by atoms with Gasteiger partial charge in [-0.1, -0.05) is 38.3 Å². The molecule has 1 unspecified atom stereocenters. The highest BCUT2D eigenvalue weighted by Gasteiger charge is 2.17. The first-order valence-electron chi connectivity index (χ1n) is 9.74. The summed E-state index contributed by atoms with van der Waals surface area (Å²) >= 11 is 0. The molecule has 1 heterocycles.